The first-order valence-corrected chi connectivity index (χ1v) is 7.96. The molecule has 0 aliphatic carbocycles. The molecule has 3 amide bonds. The summed E-state index contributed by atoms with van der Waals surface area (Å²) < 4.78 is 0. The lowest BCUT2D eigenvalue weighted by Crippen LogP contribution is -2.54. The van der Waals surface area contributed by atoms with Crippen molar-refractivity contribution < 1.29 is 14.4 Å². The number of carbonyl (C=O) groups is 3. The highest BCUT2D eigenvalue weighted by Gasteiger charge is 2.30. The minimum Gasteiger partial charge on any atom is -0.343 e. The van der Waals surface area contributed by atoms with E-state index < -0.39 is 18.0 Å². The van der Waals surface area contributed by atoms with Gasteiger partial charge >= 0.3 is 0 Å². The van der Waals surface area contributed by atoms with Crippen LogP contribution in [-0.4, -0.2) is 30.3 Å². The molecule has 1 saturated heterocycles. The van der Waals surface area contributed by atoms with E-state index in [4.69, 9.17) is 0 Å². The second kappa shape index (κ2) is 7.87. The minimum absolute atomic E-state index is 0.244. The first-order chi connectivity index (χ1) is 11.0. The van der Waals surface area contributed by atoms with E-state index in [1.165, 1.54) is 0 Å². The lowest BCUT2D eigenvalue weighted by atomic mass is 9.99. The van der Waals surface area contributed by atoms with E-state index in [0.29, 0.717) is 13.0 Å². The first kappa shape index (κ1) is 17.1. The van der Waals surface area contributed by atoms with Gasteiger partial charge in [0.05, 0.1) is 0 Å². The number of amides is 3. The maximum Gasteiger partial charge on any atom is 0.249 e. The summed E-state index contributed by atoms with van der Waals surface area (Å²) in [6, 6.07) is 6.51. The SMILES string of the molecule is CCCNC(C(=O)NC1CCC(=O)NC1=O)c1ccccc1C. The smallest absolute Gasteiger partial charge is 0.249 e. The fraction of sp³-hybridized carbons (Fsp3) is 0.471. The average molecular weight is 317 g/mol. The van der Waals surface area contributed by atoms with Crippen LogP contribution in [-0.2, 0) is 14.4 Å². The quantitative estimate of drug-likeness (QED) is 0.682. The summed E-state index contributed by atoms with van der Waals surface area (Å²) in [6.07, 6.45) is 1.48. The van der Waals surface area contributed by atoms with E-state index in [2.05, 4.69) is 16.0 Å². The maximum absolute atomic E-state index is 12.7. The number of hydrogen-bond acceptors (Lipinski definition) is 4. The summed E-state index contributed by atoms with van der Waals surface area (Å²) in [5, 5.41) is 8.24. The van der Waals surface area contributed by atoms with Crippen molar-refractivity contribution in [3.05, 3.63) is 35.4 Å². The van der Waals surface area contributed by atoms with E-state index in [0.717, 1.165) is 17.5 Å². The van der Waals surface area contributed by atoms with Gasteiger partial charge in [-0.3, -0.25) is 19.7 Å². The van der Waals surface area contributed by atoms with Gasteiger partial charge in [-0.2, -0.15) is 0 Å². The van der Waals surface area contributed by atoms with Gasteiger partial charge in [-0.05, 0) is 37.4 Å². The molecule has 0 radical (unpaired) electrons. The van der Waals surface area contributed by atoms with E-state index in [1.54, 1.807) is 0 Å². The number of piperidine rings is 1. The molecule has 124 valence electrons. The van der Waals surface area contributed by atoms with Crippen LogP contribution in [0, 0.1) is 6.92 Å². The fourth-order valence-electron chi connectivity index (χ4n) is 2.63. The summed E-state index contributed by atoms with van der Waals surface area (Å²) in [5.41, 5.74) is 1.91. The van der Waals surface area contributed by atoms with Gasteiger partial charge in [0.1, 0.15) is 12.1 Å². The number of carbonyl (C=O) groups excluding carboxylic acids is 3. The number of imide groups is 1. The Morgan fingerprint density at radius 3 is 2.74 bits per heavy atom. The van der Waals surface area contributed by atoms with E-state index in [9.17, 15) is 14.4 Å². The van der Waals surface area contributed by atoms with E-state index >= 15 is 0 Å². The molecule has 1 fully saturated rings. The normalized spacial score (nSPS) is 19.1. The zero-order valence-corrected chi connectivity index (χ0v) is 13.5. The summed E-state index contributed by atoms with van der Waals surface area (Å²) >= 11 is 0. The summed E-state index contributed by atoms with van der Waals surface area (Å²) in [6.45, 7) is 4.68. The van der Waals surface area contributed by atoms with Crippen molar-refractivity contribution in [2.45, 2.75) is 45.2 Å². The second-order valence-electron chi connectivity index (χ2n) is 5.76. The largest absolute Gasteiger partial charge is 0.343 e. The molecule has 3 N–H and O–H groups in total. The molecule has 2 rings (SSSR count). The lowest BCUT2D eigenvalue weighted by Gasteiger charge is -2.26. The van der Waals surface area contributed by atoms with Crippen molar-refractivity contribution in [3.63, 3.8) is 0 Å². The molecule has 23 heavy (non-hydrogen) atoms. The summed E-state index contributed by atoms with van der Waals surface area (Å²) in [5.74, 6) is -0.976. The van der Waals surface area contributed by atoms with Crippen LogP contribution in [0.1, 0.15) is 43.4 Å². The van der Waals surface area contributed by atoms with Crippen molar-refractivity contribution in [1.82, 2.24) is 16.0 Å². The molecular formula is C17H23N3O3. The molecule has 6 nitrogen and oxygen atoms in total. The molecule has 0 aromatic heterocycles. The fourth-order valence-corrected chi connectivity index (χ4v) is 2.63. The van der Waals surface area contributed by atoms with Gasteiger partial charge < -0.3 is 10.6 Å². The van der Waals surface area contributed by atoms with Gasteiger partial charge in [0.25, 0.3) is 0 Å². The molecule has 6 heteroatoms. The highest BCUT2D eigenvalue weighted by atomic mass is 16.2. The van der Waals surface area contributed by atoms with Crippen LogP contribution in [0.4, 0.5) is 0 Å². The number of hydrogen-bond donors (Lipinski definition) is 3. The Bertz CT molecular complexity index is 601. The molecule has 2 unspecified atom stereocenters. The molecular weight excluding hydrogens is 294 g/mol. The number of rotatable bonds is 6. The van der Waals surface area contributed by atoms with Crippen molar-refractivity contribution in [2.75, 3.05) is 6.54 Å². The Morgan fingerprint density at radius 1 is 1.35 bits per heavy atom. The summed E-state index contributed by atoms with van der Waals surface area (Å²) in [4.78, 5) is 35.7. The van der Waals surface area contributed by atoms with Crippen LogP contribution in [0.5, 0.6) is 0 Å². The van der Waals surface area contributed by atoms with E-state index in [1.807, 2.05) is 38.1 Å². The predicted molar refractivity (Wildman–Crippen MR) is 86.5 cm³/mol. The van der Waals surface area contributed by atoms with Crippen molar-refractivity contribution in [3.8, 4) is 0 Å². The van der Waals surface area contributed by atoms with Crippen LogP contribution in [0.15, 0.2) is 24.3 Å². The number of benzene rings is 1. The average Bonchev–Trinajstić information content (AvgIpc) is 2.52. The van der Waals surface area contributed by atoms with Crippen LogP contribution >= 0.6 is 0 Å². The zero-order valence-electron chi connectivity index (χ0n) is 13.5. The highest BCUT2D eigenvalue weighted by molar-refractivity contribution is 6.02. The third-order valence-electron chi connectivity index (χ3n) is 3.92. The number of aryl methyl sites for hydroxylation is 1. The molecule has 1 aliphatic heterocycles. The van der Waals surface area contributed by atoms with Gasteiger partial charge in [0.2, 0.25) is 17.7 Å². The monoisotopic (exact) mass is 317 g/mol. The molecule has 0 spiro atoms. The van der Waals surface area contributed by atoms with Crippen LogP contribution in [0.3, 0.4) is 0 Å². The maximum atomic E-state index is 12.7. The van der Waals surface area contributed by atoms with Crippen LogP contribution in [0.2, 0.25) is 0 Å². The first-order valence-electron chi connectivity index (χ1n) is 7.96. The topological polar surface area (TPSA) is 87.3 Å². The Morgan fingerprint density at radius 2 is 2.09 bits per heavy atom. The van der Waals surface area contributed by atoms with Gasteiger partial charge in [0.15, 0.2) is 0 Å². The molecule has 1 heterocycles. The van der Waals surface area contributed by atoms with Gasteiger partial charge in [-0.15, -0.1) is 0 Å². The van der Waals surface area contributed by atoms with Crippen LogP contribution in [0.25, 0.3) is 0 Å². The Labute approximate surface area is 136 Å². The van der Waals surface area contributed by atoms with Crippen molar-refractivity contribution in [1.29, 1.82) is 0 Å². The van der Waals surface area contributed by atoms with E-state index in [-0.39, 0.29) is 18.2 Å². The molecule has 1 aromatic rings. The Balaban J connectivity index is 2.12. The lowest BCUT2D eigenvalue weighted by molar-refractivity contribution is -0.137. The van der Waals surface area contributed by atoms with Gasteiger partial charge in [0, 0.05) is 6.42 Å². The Hall–Kier alpha value is -2.21. The van der Waals surface area contributed by atoms with Crippen molar-refractivity contribution in [2.24, 2.45) is 0 Å². The molecule has 0 saturated carbocycles. The van der Waals surface area contributed by atoms with Gasteiger partial charge in [-0.1, -0.05) is 31.2 Å². The predicted octanol–water partition coefficient (Wildman–Crippen LogP) is 0.957. The molecule has 0 bridgehead atoms. The third-order valence-corrected chi connectivity index (χ3v) is 3.92. The molecule has 1 aliphatic rings. The molecule has 1 aromatic carbocycles. The third kappa shape index (κ3) is 4.39. The van der Waals surface area contributed by atoms with Gasteiger partial charge in [-0.25, -0.2) is 0 Å². The number of nitrogens with one attached hydrogen (secondary N) is 3. The highest BCUT2D eigenvalue weighted by Crippen LogP contribution is 2.18. The second-order valence-corrected chi connectivity index (χ2v) is 5.76. The standard InChI is InChI=1S/C17H23N3O3/c1-3-10-18-15(12-7-5-4-6-11(12)2)17(23)19-13-8-9-14(21)20-16(13)22/h4-7,13,15,18H,3,8-10H2,1-2H3,(H,19,23)(H,20,21,22). The van der Waals surface area contributed by atoms with Crippen molar-refractivity contribution >= 4 is 17.7 Å². The van der Waals surface area contributed by atoms with Crippen LogP contribution < -0.4 is 16.0 Å². The molecule has 2 atom stereocenters. The Kier molecular flexibility index (Phi) is 5.87. The zero-order chi connectivity index (χ0) is 16.8. The minimum atomic E-state index is -0.657. The summed E-state index contributed by atoms with van der Waals surface area (Å²) in [7, 11) is 0.